The third kappa shape index (κ3) is 3.71. The largest absolute Gasteiger partial charge is 0.0984 e. The Morgan fingerprint density at radius 1 is 0.844 bits per heavy atom. The van der Waals surface area contributed by atoms with E-state index in [1.807, 2.05) is 0 Å². The summed E-state index contributed by atoms with van der Waals surface area (Å²) in [5, 5.41) is 0. The molecule has 0 saturated carbocycles. The van der Waals surface area contributed by atoms with Crippen LogP contribution in [-0.2, 0) is 5.41 Å². The van der Waals surface area contributed by atoms with Gasteiger partial charge in [-0.05, 0) is 60.6 Å². The molecule has 0 heterocycles. The fourth-order valence-corrected chi connectivity index (χ4v) is 5.52. The first-order valence-electron chi connectivity index (χ1n) is 11.5. The molecule has 0 bridgehead atoms. The summed E-state index contributed by atoms with van der Waals surface area (Å²) in [6.45, 7) is 10.9. The minimum atomic E-state index is -0.178. The fraction of sp³-hybridized carbons (Fsp3) is 0.188. The van der Waals surface area contributed by atoms with E-state index in [0.717, 1.165) is 6.42 Å². The fourth-order valence-electron chi connectivity index (χ4n) is 5.52. The summed E-state index contributed by atoms with van der Waals surface area (Å²) in [7, 11) is 0. The predicted molar refractivity (Wildman–Crippen MR) is 138 cm³/mol. The molecule has 0 amide bonds. The van der Waals surface area contributed by atoms with Crippen LogP contribution in [0, 0.1) is 0 Å². The molecule has 1 atom stereocenters. The van der Waals surface area contributed by atoms with Gasteiger partial charge in [0.2, 0.25) is 0 Å². The van der Waals surface area contributed by atoms with E-state index in [2.05, 4.69) is 137 Å². The van der Waals surface area contributed by atoms with E-state index in [0.29, 0.717) is 5.92 Å². The van der Waals surface area contributed by atoms with Gasteiger partial charge in [-0.3, -0.25) is 0 Å². The van der Waals surface area contributed by atoms with Crippen LogP contribution in [0.25, 0.3) is 0 Å². The van der Waals surface area contributed by atoms with Crippen LogP contribution < -0.4 is 0 Å². The maximum atomic E-state index is 4.24. The summed E-state index contributed by atoms with van der Waals surface area (Å²) in [5.74, 6) is 0.296. The predicted octanol–water partition coefficient (Wildman–Crippen LogP) is 8.56. The zero-order chi connectivity index (χ0) is 22.6. The van der Waals surface area contributed by atoms with E-state index < -0.39 is 0 Å². The minimum absolute atomic E-state index is 0.178. The summed E-state index contributed by atoms with van der Waals surface area (Å²) in [5.41, 5.74) is 9.24. The number of allylic oxidation sites excluding steroid dienone is 7. The molecule has 0 nitrogen and oxygen atoms in total. The lowest BCUT2D eigenvalue weighted by molar-refractivity contribution is 0.561. The van der Waals surface area contributed by atoms with Gasteiger partial charge in [0.15, 0.2) is 0 Å². The molecule has 0 heteroatoms. The van der Waals surface area contributed by atoms with Crippen molar-refractivity contribution in [1.82, 2.24) is 0 Å². The van der Waals surface area contributed by atoms with Crippen LogP contribution in [-0.4, -0.2) is 0 Å². The summed E-state index contributed by atoms with van der Waals surface area (Å²) in [4.78, 5) is 0. The van der Waals surface area contributed by atoms with Crippen LogP contribution in [0.5, 0.6) is 0 Å². The Kier molecular flexibility index (Phi) is 6.42. The molecule has 32 heavy (non-hydrogen) atoms. The normalized spacial score (nSPS) is 18.7. The third-order valence-electron chi connectivity index (χ3n) is 6.97. The van der Waals surface area contributed by atoms with Gasteiger partial charge in [-0.2, -0.15) is 0 Å². The van der Waals surface area contributed by atoms with Gasteiger partial charge in [-0.1, -0.05) is 121 Å². The van der Waals surface area contributed by atoms with Gasteiger partial charge in [0.05, 0.1) is 0 Å². The lowest BCUT2D eigenvalue weighted by Gasteiger charge is -2.33. The van der Waals surface area contributed by atoms with Crippen LogP contribution in [0.3, 0.4) is 0 Å². The topological polar surface area (TPSA) is 0 Å². The SMILES string of the molecule is C=C/C(C1=C(C)C(c2ccccc2)(c2ccccc2)CC1c1ccccc1)=C(C)\C=C/C. The molecule has 0 aromatic heterocycles. The lowest BCUT2D eigenvalue weighted by Crippen LogP contribution is -2.27. The molecule has 0 N–H and O–H groups in total. The van der Waals surface area contributed by atoms with Gasteiger partial charge >= 0.3 is 0 Å². The van der Waals surface area contributed by atoms with Crippen molar-refractivity contribution in [2.24, 2.45) is 0 Å². The first-order valence-corrected chi connectivity index (χ1v) is 11.5. The summed E-state index contributed by atoms with van der Waals surface area (Å²) >= 11 is 0. The summed E-state index contributed by atoms with van der Waals surface area (Å²) < 4.78 is 0. The van der Waals surface area contributed by atoms with Crippen molar-refractivity contribution in [3.8, 4) is 0 Å². The molecular weight excluding hydrogens is 384 g/mol. The maximum absolute atomic E-state index is 4.24. The Morgan fingerprint density at radius 2 is 1.34 bits per heavy atom. The summed E-state index contributed by atoms with van der Waals surface area (Å²) in [6, 6.07) is 33.0. The quantitative estimate of drug-likeness (QED) is 0.353. The standard InChI is InChI=1S/C32H32/c1-5-16-24(3)29(6-2)31-25(4)32(27-19-12-8-13-20-27,28-21-14-9-15-22-28)23-30(31)26-17-10-7-11-18-26/h5-22,30H,2,23H2,1,3-4H3/b16-5-,29-24+. The Morgan fingerprint density at radius 3 is 1.81 bits per heavy atom. The second-order valence-electron chi connectivity index (χ2n) is 8.64. The highest BCUT2D eigenvalue weighted by atomic mass is 14.5. The zero-order valence-corrected chi connectivity index (χ0v) is 19.4. The third-order valence-corrected chi connectivity index (χ3v) is 6.97. The van der Waals surface area contributed by atoms with Crippen LogP contribution in [0.2, 0.25) is 0 Å². The zero-order valence-electron chi connectivity index (χ0n) is 19.4. The molecule has 3 aromatic rings. The van der Waals surface area contributed by atoms with E-state index in [4.69, 9.17) is 0 Å². The van der Waals surface area contributed by atoms with Crippen LogP contribution in [0.4, 0.5) is 0 Å². The molecule has 0 aliphatic heterocycles. The van der Waals surface area contributed by atoms with Crippen LogP contribution in [0.15, 0.2) is 138 Å². The molecule has 3 aromatic carbocycles. The van der Waals surface area contributed by atoms with Crippen molar-refractivity contribution in [3.63, 3.8) is 0 Å². The molecule has 4 rings (SSSR count). The molecule has 0 spiro atoms. The molecule has 1 aliphatic carbocycles. The smallest absolute Gasteiger partial charge is 0.0423 e. The number of hydrogen-bond acceptors (Lipinski definition) is 0. The number of hydrogen-bond donors (Lipinski definition) is 0. The molecule has 0 radical (unpaired) electrons. The van der Waals surface area contributed by atoms with E-state index in [-0.39, 0.29) is 5.41 Å². The Hall–Kier alpha value is -3.38. The van der Waals surface area contributed by atoms with Gasteiger partial charge < -0.3 is 0 Å². The van der Waals surface area contributed by atoms with Crippen molar-refractivity contribution >= 4 is 0 Å². The van der Waals surface area contributed by atoms with Crippen molar-refractivity contribution in [2.75, 3.05) is 0 Å². The highest BCUT2D eigenvalue weighted by Crippen LogP contribution is 2.57. The van der Waals surface area contributed by atoms with Crippen molar-refractivity contribution in [2.45, 2.75) is 38.5 Å². The van der Waals surface area contributed by atoms with Gasteiger partial charge in [0.25, 0.3) is 0 Å². The van der Waals surface area contributed by atoms with E-state index >= 15 is 0 Å². The Balaban J connectivity index is 2.07. The molecule has 160 valence electrons. The van der Waals surface area contributed by atoms with Crippen LogP contribution in [0.1, 0.15) is 49.8 Å². The van der Waals surface area contributed by atoms with E-state index in [1.54, 1.807) is 0 Å². The summed E-state index contributed by atoms with van der Waals surface area (Å²) in [6.07, 6.45) is 7.37. The van der Waals surface area contributed by atoms with Crippen molar-refractivity contribution < 1.29 is 0 Å². The Labute approximate surface area is 193 Å². The molecule has 1 unspecified atom stereocenters. The van der Waals surface area contributed by atoms with Crippen molar-refractivity contribution in [1.29, 1.82) is 0 Å². The minimum Gasteiger partial charge on any atom is -0.0984 e. The molecular formula is C32H32. The molecule has 1 aliphatic rings. The number of rotatable bonds is 6. The first kappa shape index (κ1) is 21.8. The number of benzene rings is 3. The molecule has 0 saturated heterocycles. The maximum Gasteiger partial charge on any atom is 0.0423 e. The second-order valence-corrected chi connectivity index (χ2v) is 8.64. The highest BCUT2D eigenvalue weighted by molar-refractivity contribution is 5.63. The monoisotopic (exact) mass is 416 g/mol. The Bertz CT molecular complexity index is 1120. The van der Waals surface area contributed by atoms with E-state index in [9.17, 15) is 0 Å². The lowest BCUT2D eigenvalue weighted by atomic mass is 9.69. The highest BCUT2D eigenvalue weighted by Gasteiger charge is 2.47. The average molecular weight is 417 g/mol. The van der Waals surface area contributed by atoms with Gasteiger partial charge in [-0.25, -0.2) is 0 Å². The van der Waals surface area contributed by atoms with E-state index in [1.165, 1.54) is 39.0 Å². The van der Waals surface area contributed by atoms with Gasteiger partial charge in [0, 0.05) is 11.3 Å². The van der Waals surface area contributed by atoms with Crippen molar-refractivity contribution in [3.05, 3.63) is 155 Å². The van der Waals surface area contributed by atoms with Gasteiger partial charge in [0.1, 0.15) is 0 Å². The molecule has 0 fully saturated rings. The average Bonchev–Trinajstić information content (AvgIpc) is 3.15. The first-order chi connectivity index (χ1) is 15.6. The van der Waals surface area contributed by atoms with Crippen LogP contribution >= 0.6 is 0 Å². The second kappa shape index (κ2) is 9.40. The van der Waals surface area contributed by atoms with Gasteiger partial charge in [-0.15, -0.1) is 0 Å².